The van der Waals surface area contributed by atoms with Gasteiger partial charge in [-0.3, -0.25) is 0 Å². The van der Waals surface area contributed by atoms with Crippen molar-refractivity contribution in [1.29, 1.82) is 0 Å². The third kappa shape index (κ3) is 15.5. The van der Waals surface area contributed by atoms with Crippen LogP contribution in [0.2, 0.25) is 0 Å². The smallest absolute Gasteiger partial charge is 0 e. The average Bonchev–Trinajstić information content (AvgIpc) is 2.43. The molecule has 0 aliphatic heterocycles. The first kappa shape index (κ1) is 21.7. The predicted molar refractivity (Wildman–Crippen MR) is 86.5 cm³/mol. The molecule has 105 valence electrons. The van der Waals surface area contributed by atoms with Gasteiger partial charge in [-0.15, -0.1) is 0 Å². The molecule has 0 spiro atoms. The van der Waals surface area contributed by atoms with Gasteiger partial charge in [-0.05, 0) is 12.1 Å². The second kappa shape index (κ2) is 13.4. The molecule has 2 aromatic rings. The summed E-state index contributed by atoms with van der Waals surface area (Å²) < 4.78 is 0.118. The zero-order valence-electron chi connectivity index (χ0n) is 12.0. The van der Waals surface area contributed by atoms with E-state index < -0.39 is 0 Å². The summed E-state index contributed by atoms with van der Waals surface area (Å²) in [6.45, 7) is 5.64. The fraction of sp³-hybridized carbons (Fsp3) is 0.235. The first-order chi connectivity index (χ1) is 8.94. The van der Waals surface area contributed by atoms with Crippen LogP contribution in [-0.2, 0) is 4.79 Å². The van der Waals surface area contributed by atoms with Crippen LogP contribution in [0.4, 0.5) is 0 Å². The van der Waals surface area contributed by atoms with Gasteiger partial charge < -0.3 is 0 Å². The van der Waals surface area contributed by atoms with Crippen molar-refractivity contribution in [2.24, 2.45) is 5.41 Å². The molecule has 2 aromatic carbocycles. The maximum Gasteiger partial charge on any atom is 0 e. The molecule has 0 saturated carbocycles. The number of rotatable bonds is 0. The number of benzene rings is 2. The first-order valence-corrected chi connectivity index (χ1v) is 6.84. The molecule has 0 aliphatic carbocycles. The van der Waals surface area contributed by atoms with Crippen molar-refractivity contribution in [3.8, 4) is 0 Å². The third-order valence-corrected chi connectivity index (χ3v) is 3.11. The van der Waals surface area contributed by atoms with E-state index in [9.17, 15) is 4.79 Å². The molecular weight excluding hydrogens is 421 g/mol. The van der Waals surface area contributed by atoms with Gasteiger partial charge in [0.1, 0.15) is 0 Å². The molecule has 0 fully saturated rings. The second-order valence-electron chi connectivity index (χ2n) is 4.69. The van der Waals surface area contributed by atoms with Crippen LogP contribution in [0.25, 0.3) is 0 Å². The summed E-state index contributed by atoms with van der Waals surface area (Å²) in [4.78, 5) is 10.4. The molecule has 0 aromatic heterocycles. The average molecular weight is 440 g/mol. The molecule has 20 heavy (non-hydrogen) atoms. The SMILES string of the molecule is CC(C)(C)C(=O)[Se-].[Sb].[c]1ccccc1.[c]1ccccc1. The van der Waals surface area contributed by atoms with Gasteiger partial charge in [0, 0.05) is 24.4 Å². The fourth-order valence-electron chi connectivity index (χ4n) is 0.684. The minimum Gasteiger partial charge on any atom is -0.0622 e. The number of hydrogen-bond acceptors (Lipinski definition) is 1. The summed E-state index contributed by atoms with van der Waals surface area (Å²) in [6.07, 6.45) is 0. The molecule has 0 saturated heterocycles. The number of carbonyl (C=O) groups is 1. The van der Waals surface area contributed by atoms with Crippen molar-refractivity contribution in [2.75, 3.05) is 0 Å². The van der Waals surface area contributed by atoms with Gasteiger partial charge in [-0.25, -0.2) is 0 Å². The van der Waals surface area contributed by atoms with Gasteiger partial charge in [0.05, 0.1) is 0 Å². The van der Waals surface area contributed by atoms with E-state index in [4.69, 9.17) is 0 Å². The Bertz CT molecular complexity index is 339. The molecule has 0 heterocycles. The molecule has 3 heteroatoms. The molecule has 0 unspecified atom stereocenters. The summed E-state index contributed by atoms with van der Waals surface area (Å²) in [6, 6.07) is 25.0. The summed E-state index contributed by atoms with van der Waals surface area (Å²) >= 11 is 2.44. The van der Waals surface area contributed by atoms with Gasteiger partial charge in [0.2, 0.25) is 0 Å². The molecule has 1 nitrogen and oxygen atoms in total. The minimum absolute atomic E-state index is 0. The topological polar surface area (TPSA) is 17.1 Å². The molecule has 5 radical (unpaired) electrons. The van der Waals surface area contributed by atoms with Crippen LogP contribution in [0.1, 0.15) is 20.8 Å². The van der Waals surface area contributed by atoms with Gasteiger partial charge in [-0.1, -0.05) is 60.7 Å². The molecule has 0 aliphatic rings. The first-order valence-electron chi connectivity index (χ1n) is 5.98. The molecule has 0 amide bonds. The van der Waals surface area contributed by atoms with Crippen LogP contribution in [0, 0.1) is 17.5 Å². The Kier molecular flexibility index (Phi) is 14.6. The Labute approximate surface area is 148 Å². The Morgan fingerprint density at radius 2 is 1.05 bits per heavy atom. The summed E-state index contributed by atoms with van der Waals surface area (Å²) in [5.74, 6) is 0. The zero-order chi connectivity index (χ0) is 14.6. The molecular formula is C17H19OSbSe-. The fourth-order valence-corrected chi connectivity index (χ4v) is 0.684. The van der Waals surface area contributed by atoms with E-state index >= 15 is 0 Å². The molecule has 0 bridgehead atoms. The third-order valence-electron chi connectivity index (χ3n) is 1.83. The van der Waals surface area contributed by atoms with E-state index in [1.165, 1.54) is 0 Å². The van der Waals surface area contributed by atoms with Crippen molar-refractivity contribution in [3.63, 3.8) is 0 Å². The normalized spacial score (nSPS) is 8.75. The monoisotopic (exact) mass is 440 g/mol. The summed E-state index contributed by atoms with van der Waals surface area (Å²) in [5.41, 5.74) is -0.194. The summed E-state index contributed by atoms with van der Waals surface area (Å²) in [7, 11) is 0. The zero-order valence-corrected chi connectivity index (χ0v) is 16.3. The van der Waals surface area contributed by atoms with E-state index in [1.54, 1.807) is 0 Å². The largest absolute Gasteiger partial charge is 0.0622 e. The van der Waals surface area contributed by atoms with E-state index in [0.717, 1.165) is 0 Å². The van der Waals surface area contributed by atoms with Gasteiger partial charge in [-0.2, -0.15) is 0 Å². The maximum absolute atomic E-state index is 10.4. The van der Waals surface area contributed by atoms with Crippen LogP contribution in [0.15, 0.2) is 60.7 Å². The predicted octanol–water partition coefficient (Wildman–Crippen LogP) is 3.32. The minimum atomic E-state index is -0.194. The summed E-state index contributed by atoms with van der Waals surface area (Å²) in [5, 5.41) is 0. The van der Waals surface area contributed by atoms with Crippen molar-refractivity contribution in [2.45, 2.75) is 20.8 Å². The van der Waals surface area contributed by atoms with Crippen molar-refractivity contribution in [3.05, 3.63) is 72.8 Å². The van der Waals surface area contributed by atoms with Crippen LogP contribution in [0.3, 0.4) is 0 Å². The quantitative estimate of drug-likeness (QED) is 0.575. The van der Waals surface area contributed by atoms with Crippen molar-refractivity contribution in [1.82, 2.24) is 0 Å². The van der Waals surface area contributed by atoms with E-state index in [2.05, 4.69) is 28.1 Å². The Morgan fingerprint density at radius 3 is 1.10 bits per heavy atom. The molecule has 0 atom stereocenters. The number of hydrogen-bond donors (Lipinski definition) is 0. The van der Waals surface area contributed by atoms with Crippen LogP contribution in [0.5, 0.6) is 0 Å². The molecule has 2 rings (SSSR count). The van der Waals surface area contributed by atoms with Gasteiger partial charge in [0.15, 0.2) is 0 Å². The second-order valence-corrected chi connectivity index (χ2v) is 5.47. The van der Waals surface area contributed by atoms with E-state index in [1.807, 2.05) is 81.4 Å². The number of carbonyl (C=O) groups excluding carboxylic acids is 1. The van der Waals surface area contributed by atoms with Crippen LogP contribution >= 0.6 is 0 Å². The molecule has 0 N–H and O–H groups in total. The maximum atomic E-state index is 10.4. The standard InChI is InChI=1S/2C6H5.C5H10OSe.Sb/c2*1-2-4-6-5-3-1;1-5(2,3)4(6)7;/h2*1-5H;1-3H3,(H,6,7);/p-1. The van der Waals surface area contributed by atoms with Crippen LogP contribution in [-0.4, -0.2) is 45.1 Å². The Hall–Kier alpha value is -0.552. The van der Waals surface area contributed by atoms with Gasteiger partial charge >= 0.3 is 51.7 Å². The Morgan fingerprint density at radius 1 is 0.800 bits per heavy atom. The Balaban J connectivity index is 0. The van der Waals surface area contributed by atoms with Crippen LogP contribution < -0.4 is 0 Å². The van der Waals surface area contributed by atoms with Crippen molar-refractivity contribution >= 4 is 45.1 Å². The van der Waals surface area contributed by atoms with Gasteiger partial charge in [0.25, 0.3) is 0 Å². The van der Waals surface area contributed by atoms with E-state index in [0.29, 0.717) is 0 Å². The van der Waals surface area contributed by atoms with E-state index in [-0.39, 0.29) is 34.5 Å². The van der Waals surface area contributed by atoms with Crippen molar-refractivity contribution < 1.29 is 4.79 Å².